The number of hydrogen-bond donors (Lipinski definition) is 1. The maximum absolute atomic E-state index is 12.4. The molecule has 2 aliphatic heterocycles. The van der Waals surface area contributed by atoms with Gasteiger partial charge in [0.15, 0.2) is 9.84 Å². The number of nitrogens with zero attached hydrogens (tertiary/aromatic N) is 2. The normalized spacial score (nSPS) is 27.7. The van der Waals surface area contributed by atoms with Gasteiger partial charge in [-0.05, 0) is 45.0 Å². The number of aryl methyl sites for hydroxylation is 1. The van der Waals surface area contributed by atoms with Crippen molar-refractivity contribution >= 4 is 15.7 Å². The van der Waals surface area contributed by atoms with Crippen molar-refractivity contribution in [1.82, 2.24) is 15.2 Å². The maximum Gasteiger partial charge on any atom is 0.270 e. The zero-order valence-electron chi connectivity index (χ0n) is 13.4. The van der Waals surface area contributed by atoms with Crippen LogP contribution < -0.4 is 5.32 Å². The van der Waals surface area contributed by atoms with E-state index in [1.54, 1.807) is 12.1 Å². The first-order valence-corrected chi connectivity index (χ1v) is 9.96. The summed E-state index contributed by atoms with van der Waals surface area (Å²) < 4.78 is 24.1. The molecule has 1 N–H and O–H groups in total. The van der Waals surface area contributed by atoms with Gasteiger partial charge in [0.05, 0.1) is 17.5 Å². The summed E-state index contributed by atoms with van der Waals surface area (Å²) in [5.74, 6) is -0.136. The summed E-state index contributed by atoms with van der Waals surface area (Å²) in [6, 6.07) is 4.79. The van der Waals surface area contributed by atoms with Crippen LogP contribution in [-0.2, 0) is 9.84 Å². The van der Waals surface area contributed by atoms with E-state index in [0.717, 1.165) is 31.6 Å². The molecule has 1 aromatic rings. The number of carbonyl (C=O) groups is 1. The van der Waals surface area contributed by atoms with Gasteiger partial charge in [0.2, 0.25) is 0 Å². The number of nitrogens with one attached hydrogen (secondary N) is 1. The van der Waals surface area contributed by atoms with Crippen molar-refractivity contribution in [3.63, 3.8) is 0 Å². The zero-order chi connectivity index (χ0) is 16.4. The van der Waals surface area contributed by atoms with Crippen LogP contribution in [0.25, 0.3) is 0 Å². The molecule has 126 valence electrons. The van der Waals surface area contributed by atoms with E-state index in [1.165, 1.54) is 6.42 Å². The lowest BCUT2D eigenvalue weighted by molar-refractivity contribution is 0.0895. The van der Waals surface area contributed by atoms with Crippen molar-refractivity contribution < 1.29 is 13.2 Å². The van der Waals surface area contributed by atoms with E-state index in [9.17, 15) is 13.2 Å². The van der Waals surface area contributed by atoms with Crippen LogP contribution in [0.5, 0.6) is 0 Å². The lowest BCUT2D eigenvalue weighted by Gasteiger charge is -2.34. The van der Waals surface area contributed by atoms with Gasteiger partial charge >= 0.3 is 0 Å². The molecule has 0 saturated carbocycles. The summed E-state index contributed by atoms with van der Waals surface area (Å²) in [4.78, 5) is 18.8. The summed E-state index contributed by atoms with van der Waals surface area (Å²) in [5, 5.41) is 2.90. The van der Waals surface area contributed by atoms with Gasteiger partial charge < -0.3 is 5.32 Å². The zero-order valence-corrected chi connectivity index (χ0v) is 14.2. The third-order valence-corrected chi connectivity index (χ3v) is 6.34. The van der Waals surface area contributed by atoms with E-state index in [1.807, 2.05) is 13.0 Å². The predicted octanol–water partition coefficient (Wildman–Crippen LogP) is 0.771. The molecule has 2 atom stereocenters. The van der Waals surface area contributed by atoms with E-state index in [4.69, 9.17) is 0 Å². The van der Waals surface area contributed by atoms with Crippen molar-refractivity contribution in [2.45, 2.75) is 38.3 Å². The molecule has 2 unspecified atom stereocenters. The minimum Gasteiger partial charge on any atom is -0.345 e. The molecule has 2 fully saturated rings. The number of sulfone groups is 1. The van der Waals surface area contributed by atoms with E-state index in [0.29, 0.717) is 5.69 Å². The van der Waals surface area contributed by atoms with Crippen LogP contribution >= 0.6 is 0 Å². The first-order valence-electron chi connectivity index (χ1n) is 8.14. The second-order valence-corrected chi connectivity index (χ2v) is 8.64. The van der Waals surface area contributed by atoms with Gasteiger partial charge in [0, 0.05) is 11.7 Å². The highest BCUT2D eigenvalue weighted by molar-refractivity contribution is 7.91. The number of pyridine rings is 1. The summed E-state index contributed by atoms with van der Waals surface area (Å²) >= 11 is 0. The number of hydrogen-bond acceptors (Lipinski definition) is 5. The minimum atomic E-state index is -3.11. The first-order chi connectivity index (χ1) is 10.9. The van der Waals surface area contributed by atoms with Gasteiger partial charge in [-0.15, -0.1) is 0 Å². The Morgan fingerprint density at radius 2 is 1.96 bits per heavy atom. The van der Waals surface area contributed by atoms with Crippen LogP contribution in [0.1, 0.15) is 35.4 Å². The molecule has 23 heavy (non-hydrogen) atoms. The molecular weight excluding hydrogens is 314 g/mol. The van der Waals surface area contributed by atoms with Gasteiger partial charge in [-0.25, -0.2) is 13.4 Å². The van der Waals surface area contributed by atoms with Crippen LogP contribution in [0.15, 0.2) is 18.2 Å². The fourth-order valence-corrected chi connectivity index (χ4v) is 5.44. The average Bonchev–Trinajstić information content (AvgIpc) is 2.83. The van der Waals surface area contributed by atoms with Gasteiger partial charge in [0.1, 0.15) is 5.69 Å². The molecule has 7 heteroatoms. The van der Waals surface area contributed by atoms with Crippen molar-refractivity contribution in [1.29, 1.82) is 0 Å². The molecule has 0 bridgehead atoms. The van der Waals surface area contributed by atoms with E-state index < -0.39 is 9.84 Å². The molecule has 0 spiro atoms. The number of rotatable bonds is 3. The molecule has 0 aliphatic carbocycles. The van der Waals surface area contributed by atoms with Crippen LogP contribution in [-0.4, -0.2) is 60.9 Å². The fourth-order valence-electron chi connectivity index (χ4n) is 3.49. The van der Waals surface area contributed by atoms with Gasteiger partial charge in [-0.3, -0.25) is 9.69 Å². The van der Waals surface area contributed by atoms with Crippen LogP contribution in [0.3, 0.4) is 0 Å². The van der Waals surface area contributed by atoms with Gasteiger partial charge in [-0.1, -0.05) is 12.5 Å². The lowest BCUT2D eigenvalue weighted by Crippen LogP contribution is -2.52. The quantitative estimate of drug-likeness (QED) is 0.881. The second-order valence-electron chi connectivity index (χ2n) is 6.49. The highest BCUT2D eigenvalue weighted by Crippen LogP contribution is 2.22. The lowest BCUT2D eigenvalue weighted by atomic mass is 10.0. The number of carbonyl (C=O) groups excluding carboxylic acids is 1. The van der Waals surface area contributed by atoms with Crippen LogP contribution in [0.2, 0.25) is 0 Å². The summed E-state index contributed by atoms with van der Waals surface area (Å²) in [6.07, 6.45) is 3.38. The van der Waals surface area contributed by atoms with E-state index >= 15 is 0 Å². The molecular formula is C16H23N3O3S. The topological polar surface area (TPSA) is 79.4 Å². The van der Waals surface area contributed by atoms with E-state index in [-0.39, 0.29) is 29.5 Å². The number of aromatic nitrogens is 1. The first kappa shape index (κ1) is 16.4. The van der Waals surface area contributed by atoms with E-state index in [2.05, 4.69) is 15.2 Å². The molecule has 3 rings (SSSR count). The fraction of sp³-hybridized carbons (Fsp3) is 0.625. The highest BCUT2D eigenvalue weighted by atomic mass is 32.2. The van der Waals surface area contributed by atoms with Crippen LogP contribution in [0, 0.1) is 6.92 Å². The molecule has 0 radical (unpaired) electrons. The second kappa shape index (κ2) is 6.57. The third-order valence-electron chi connectivity index (χ3n) is 4.62. The Kier molecular flexibility index (Phi) is 4.68. The Bertz CT molecular complexity index is 684. The Morgan fingerprint density at radius 3 is 2.65 bits per heavy atom. The smallest absolute Gasteiger partial charge is 0.270 e. The van der Waals surface area contributed by atoms with Crippen LogP contribution in [0.4, 0.5) is 0 Å². The summed E-state index contributed by atoms with van der Waals surface area (Å²) in [6.45, 7) is 3.65. The standard InChI is InChI=1S/C16H23N3O3S/c1-12-6-5-7-13(17-12)16(20)18-14-10-23(21,22)11-15(14)19-8-3-2-4-9-19/h5-7,14-15H,2-4,8-11H2,1H3,(H,18,20). The Hall–Kier alpha value is -1.47. The average molecular weight is 337 g/mol. The molecule has 1 amide bonds. The Balaban J connectivity index is 1.74. The minimum absolute atomic E-state index is 0.0196. The summed E-state index contributed by atoms with van der Waals surface area (Å²) in [7, 11) is -3.11. The van der Waals surface area contributed by atoms with Crippen molar-refractivity contribution in [3.05, 3.63) is 29.6 Å². The molecule has 0 aromatic carbocycles. The van der Waals surface area contributed by atoms with Crippen molar-refractivity contribution in [3.8, 4) is 0 Å². The molecule has 2 saturated heterocycles. The maximum atomic E-state index is 12.4. The summed E-state index contributed by atoms with van der Waals surface area (Å²) in [5.41, 5.74) is 1.11. The molecule has 1 aromatic heterocycles. The number of amides is 1. The highest BCUT2D eigenvalue weighted by Gasteiger charge is 2.42. The Morgan fingerprint density at radius 1 is 1.22 bits per heavy atom. The SMILES string of the molecule is Cc1cccc(C(=O)NC2CS(=O)(=O)CC2N2CCCCC2)n1. The predicted molar refractivity (Wildman–Crippen MR) is 88.1 cm³/mol. The van der Waals surface area contributed by atoms with Crippen molar-refractivity contribution in [2.75, 3.05) is 24.6 Å². The monoisotopic (exact) mass is 337 g/mol. The Labute approximate surface area is 137 Å². The molecule has 2 aliphatic rings. The number of likely N-dealkylation sites (tertiary alicyclic amines) is 1. The molecule has 6 nitrogen and oxygen atoms in total. The third kappa shape index (κ3) is 3.90. The van der Waals surface area contributed by atoms with Gasteiger partial charge in [0.25, 0.3) is 5.91 Å². The largest absolute Gasteiger partial charge is 0.345 e. The van der Waals surface area contributed by atoms with Crippen molar-refractivity contribution in [2.24, 2.45) is 0 Å². The molecule has 3 heterocycles. The number of piperidine rings is 1. The van der Waals surface area contributed by atoms with Gasteiger partial charge in [-0.2, -0.15) is 0 Å².